The van der Waals surface area contributed by atoms with Gasteiger partial charge in [-0.3, -0.25) is 9.69 Å². The van der Waals surface area contributed by atoms with Gasteiger partial charge in [-0.2, -0.15) is 0 Å². The van der Waals surface area contributed by atoms with Gasteiger partial charge in [-0.25, -0.2) is 4.98 Å². The fraction of sp³-hybridized carbons (Fsp3) is 0.300. The Morgan fingerprint density at radius 2 is 1.72 bits per heavy atom. The number of hydrogen-bond donors (Lipinski definition) is 0. The molecule has 0 spiro atoms. The van der Waals surface area contributed by atoms with Gasteiger partial charge >= 0.3 is 0 Å². The third-order valence-electron chi connectivity index (χ3n) is 4.00. The lowest BCUT2D eigenvalue weighted by atomic mass is 10.1. The Balaban J connectivity index is 1.99. The molecule has 0 radical (unpaired) electrons. The van der Waals surface area contributed by atoms with Crippen molar-refractivity contribution in [2.45, 2.75) is 13.8 Å². The monoisotopic (exact) mass is 353 g/mol. The predicted octanol–water partition coefficient (Wildman–Crippen LogP) is 4.12. The second kappa shape index (κ2) is 7.33. The number of hydrogen-bond acceptors (Lipinski definition) is 4. The highest BCUT2D eigenvalue weighted by atomic mass is 32.1. The normalized spacial score (nSPS) is 11.2. The lowest BCUT2D eigenvalue weighted by molar-refractivity contribution is 0.0985. The smallest absolute Gasteiger partial charge is 0.260 e. The van der Waals surface area contributed by atoms with Gasteiger partial charge in [0, 0.05) is 18.7 Å². The average molecular weight is 353 g/mol. The molecule has 0 bridgehead atoms. The third-order valence-corrected chi connectivity index (χ3v) is 5.06. The highest BCUT2D eigenvalue weighted by molar-refractivity contribution is 7.22. The molecule has 4 nitrogen and oxygen atoms in total. The van der Waals surface area contributed by atoms with Crippen LogP contribution in [0, 0.1) is 13.8 Å². The van der Waals surface area contributed by atoms with Crippen LogP contribution in [0.25, 0.3) is 10.2 Å². The minimum absolute atomic E-state index is 0.00714. The Bertz CT molecular complexity index is 848. The highest BCUT2D eigenvalue weighted by Crippen LogP contribution is 2.29. The molecule has 3 aromatic rings. The van der Waals surface area contributed by atoms with E-state index in [4.69, 9.17) is 0 Å². The summed E-state index contributed by atoms with van der Waals surface area (Å²) in [5.41, 5.74) is 3.85. The Morgan fingerprint density at radius 1 is 1.04 bits per heavy atom. The molecular weight excluding hydrogens is 330 g/mol. The largest absolute Gasteiger partial charge is 0.308 e. The molecular formula is C20H23N3OS. The van der Waals surface area contributed by atoms with E-state index in [1.54, 1.807) is 16.2 Å². The summed E-state index contributed by atoms with van der Waals surface area (Å²) in [6.07, 6.45) is 0. The number of thiazole rings is 1. The minimum atomic E-state index is 0.00714. The van der Waals surface area contributed by atoms with Crippen molar-refractivity contribution >= 4 is 32.6 Å². The van der Waals surface area contributed by atoms with Crippen molar-refractivity contribution < 1.29 is 4.79 Å². The van der Waals surface area contributed by atoms with Gasteiger partial charge in [0.25, 0.3) is 5.91 Å². The van der Waals surface area contributed by atoms with Crippen LogP contribution in [0.3, 0.4) is 0 Å². The zero-order valence-electron chi connectivity index (χ0n) is 15.1. The summed E-state index contributed by atoms with van der Waals surface area (Å²) in [5, 5.41) is 0.757. The summed E-state index contributed by atoms with van der Waals surface area (Å²) in [4.78, 5) is 21.8. The second-order valence-corrected chi connectivity index (χ2v) is 7.61. The van der Waals surface area contributed by atoms with Crippen LogP contribution in [-0.2, 0) is 0 Å². The maximum Gasteiger partial charge on any atom is 0.260 e. The number of nitrogens with zero attached hydrogens (tertiary/aromatic N) is 3. The van der Waals surface area contributed by atoms with Crippen LogP contribution >= 0.6 is 11.3 Å². The van der Waals surface area contributed by atoms with E-state index < -0.39 is 0 Å². The Morgan fingerprint density at radius 3 is 2.36 bits per heavy atom. The molecule has 0 aliphatic carbocycles. The van der Waals surface area contributed by atoms with Crippen LogP contribution in [-0.4, -0.2) is 43.0 Å². The summed E-state index contributed by atoms with van der Waals surface area (Å²) in [7, 11) is 4.02. The van der Waals surface area contributed by atoms with Gasteiger partial charge in [-0.1, -0.05) is 40.7 Å². The molecule has 0 aliphatic heterocycles. The van der Waals surface area contributed by atoms with Crippen LogP contribution < -0.4 is 4.90 Å². The van der Waals surface area contributed by atoms with Gasteiger partial charge in [-0.15, -0.1) is 0 Å². The number of aryl methyl sites for hydroxylation is 2. The van der Waals surface area contributed by atoms with E-state index in [0.29, 0.717) is 6.54 Å². The molecule has 5 heteroatoms. The maximum absolute atomic E-state index is 13.2. The quantitative estimate of drug-likeness (QED) is 0.692. The van der Waals surface area contributed by atoms with Gasteiger partial charge in [-0.05, 0) is 52.2 Å². The van der Waals surface area contributed by atoms with Gasteiger partial charge in [0.15, 0.2) is 5.13 Å². The zero-order valence-corrected chi connectivity index (χ0v) is 15.9. The van der Waals surface area contributed by atoms with Gasteiger partial charge in [0.05, 0.1) is 10.2 Å². The van der Waals surface area contributed by atoms with E-state index in [9.17, 15) is 4.79 Å². The lowest BCUT2D eigenvalue weighted by Gasteiger charge is -2.22. The maximum atomic E-state index is 13.2. The van der Waals surface area contributed by atoms with E-state index in [1.807, 2.05) is 64.3 Å². The topological polar surface area (TPSA) is 36.4 Å². The summed E-state index contributed by atoms with van der Waals surface area (Å²) in [6, 6.07) is 14.0. The number of para-hydroxylation sites is 1. The standard InChI is InChI=1S/C20H23N3OS/c1-14-11-15(2)13-16(12-14)19(24)23(10-9-22(3)4)20-21-17-7-5-6-8-18(17)25-20/h5-8,11-13H,9-10H2,1-4H3. The van der Waals surface area contributed by atoms with Crippen molar-refractivity contribution in [2.24, 2.45) is 0 Å². The van der Waals surface area contributed by atoms with Crippen molar-refractivity contribution in [3.63, 3.8) is 0 Å². The second-order valence-electron chi connectivity index (χ2n) is 6.60. The molecule has 0 saturated carbocycles. The molecule has 0 unspecified atom stereocenters. The molecule has 0 saturated heterocycles. The number of anilines is 1. The van der Waals surface area contributed by atoms with Crippen molar-refractivity contribution in [3.8, 4) is 0 Å². The first-order valence-corrected chi connectivity index (χ1v) is 9.16. The van der Waals surface area contributed by atoms with E-state index >= 15 is 0 Å². The average Bonchev–Trinajstić information content (AvgIpc) is 2.97. The zero-order chi connectivity index (χ0) is 18.0. The summed E-state index contributed by atoms with van der Waals surface area (Å²) < 4.78 is 1.10. The summed E-state index contributed by atoms with van der Waals surface area (Å²) >= 11 is 1.56. The van der Waals surface area contributed by atoms with E-state index in [-0.39, 0.29) is 5.91 Å². The third kappa shape index (κ3) is 4.06. The van der Waals surface area contributed by atoms with Crippen LogP contribution in [0.2, 0.25) is 0 Å². The number of rotatable bonds is 5. The Hall–Kier alpha value is -2.24. The Kier molecular flexibility index (Phi) is 5.16. The first kappa shape index (κ1) is 17.6. The number of fused-ring (bicyclic) bond motifs is 1. The van der Waals surface area contributed by atoms with E-state index in [2.05, 4.69) is 16.0 Å². The SMILES string of the molecule is Cc1cc(C)cc(C(=O)N(CCN(C)C)c2nc3ccccc3s2)c1. The van der Waals surface area contributed by atoms with Crippen molar-refractivity contribution in [3.05, 3.63) is 59.2 Å². The number of carbonyl (C=O) groups excluding carboxylic acids is 1. The molecule has 1 aromatic heterocycles. The molecule has 0 N–H and O–H groups in total. The fourth-order valence-corrected chi connectivity index (χ4v) is 3.80. The predicted molar refractivity (Wildman–Crippen MR) is 106 cm³/mol. The van der Waals surface area contributed by atoms with E-state index in [0.717, 1.165) is 38.6 Å². The number of carbonyl (C=O) groups is 1. The van der Waals surface area contributed by atoms with Crippen LogP contribution in [0.15, 0.2) is 42.5 Å². The molecule has 0 atom stereocenters. The summed E-state index contributed by atoms with van der Waals surface area (Å²) in [5.74, 6) is 0.00714. The lowest BCUT2D eigenvalue weighted by Crippen LogP contribution is -2.36. The van der Waals surface area contributed by atoms with Gasteiger partial charge in [0.2, 0.25) is 0 Å². The number of aromatic nitrogens is 1. The molecule has 1 heterocycles. The molecule has 0 fully saturated rings. The fourth-order valence-electron chi connectivity index (χ4n) is 2.81. The molecule has 130 valence electrons. The molecule has 25 heavy (non-hydrogen) atoms. The molecule has 2 aromatic carbocycles. The summed E-state index contributed by atoms with van der Waals surface area (Å²) in [6.45, 7) is 5.43. The van der Waals surface area contributed by atoms with Gasteiger partial charge < -0.3 is 4.90 Å². The number of amides is 1. The van der Waals surface area contributed by atoms with Crippen molar-refractivity contribution in [1.29, 1.82) is 0 Å². The first-order valence-electron chi connectivity index (χ1n) is 8.34. The van der Waals surface area contributed by atoms with Crippen molar-refractivity contribution in [1.82, 2.24) is 9.88 Å². The number of benzene rings is 2. The molecule has 3 rings (SSSR count). The number of likely N-dealkylation sites (N-methyl/N-ethyl adjacent to an activating group) is 1. The van der Waals surface area contributed by atoms with Gasteiger partial charge in [0.1, 0.15) is 0 Å². The Labute approximate surface area is 152 Å². The molecule has 1 amide bonds. The molecule has 0 aliphatic rings. The van der Waals surface area contributed by atoms with Crippen molar-refractivity contribution in [2.75, 3.05) is 32.1 Å². The minimum Gasteiger partial charge on any atom is -0.308 e. The first-order chi connectivity index (χ1) is 11.9. The van der Waals surface area contributed by atoms with E-state index in [1.165, 1.54) is 0 Å². The highest BCUT2D eigenvalue weighted by Gasteiger charge is 2.21. The van der Waals surface area contributed by atoms with Crippen LogP contribution in [0.1, 0.15) is 21.5 Å². The van der Waals surface area contributed by atoms with Crippen LogP contribution in [0.4, 0.5) is 5.13 Å². The van der Waals surface area contributed by atoms with Crippen LogP contribution in [0.5, 0.6) is 0 Å².